The molecule has 2 rings (SSSR count). The Morgan fingerprint density at radius 1 is 1.33 bits per heavy atom. The summed E-state index contributed by atoms with van der Waals surface area (Å²) < 4.78 is 1.27. The van der Waals surface area contributed by atoms with Gasteiger partial charge in [-0.2, -0.15) is 0 Å². The number of para-hydroxylation sites is 1. The molecule has 0 spiro atoms. The Hall–Kier alpha value is -0.970. The first kappa shape index (κ1) is 16.4. The fourth-order valence-electron chi connectivity index (χ4n) is 2.54. The predicted molar refractivity (Wildman–Crippen MR) is 92.7 cm³/mol. The van der Waals surface area contributed by atoms with Crippen LogP contribution in [0.2, 0.25) is 0 Å². The molecule has 1 aromatic heterocycles. The Kier molecular flexibility index (Phi) is 5.36. The summed E-state index contributed by atoms with van der Waals surface area (Å²) in [4.78, 5) is 7.34. The van der Waals surface area contributed by atoms with E-state index in [0.29, 0.717) is 12.6 Å². The van der Waals surface area contributed by atoms with Crippen LogP contribution in [0.1, 0.15) is 45.2 Å². The van der Waals surface area contributed by atoms with Crippen molar-refractivity contribution in [2.24, 2.45) is 11.1 Å². The van der Waals surface area contributed by atoms with E-state index in [4.69, 9.17) is 10.7 Å². The molecule has 0 fully saturated rings. The molecule has 21 heavy (non-hydrogen) atoms. The van der Waals surface area contributed by atoms with Gasteiger partial charge in [-0.05, 0) is 44.0 Å². The minimum atomic E-state index is 0.139. The molecule has 116 valence electrons. The average molecular weight is 305 g/mol. The highest BCUT2D eigenvalue weighted by molar-refractivity contribution is 7.18. The van der Waals surface area contributed by atoms with E-state index < -0.39 is 0 Å². The smallest absolute Gasteiger partial charge is 0.111 e. The molecule has 0 aliphatic heterocycles. The standard InChI is InChI=1S/C17H27N3S/c1-5-10-20(12-17(3,4)11-18)13(2)16-19-14-8-6-7-9-15(14)21-16/h6-9,13H,5,10-12,18H2,1-4H3. The number of rotatable bonds is 7. The van der Waals surface area contributed by atoms with Gasteiger partial charge in [-0.25, -0.2) is 4.98 Å². The first-order valence-corrected chi connectivity index (χ1v) is 8.58. The lowest BCUT2D eigenvalue weighted by Gasteiger charge is -2.35. The van der Waals surface area contributed by atoms with Gasteiger partial charge in [0.15, 0.2) is 0 Å². The quantitative estimate of drug-likeness (QED) is 0.839. The first-order valence-electron chi connectivity index (χ1n) is 7.76. The van der Waals surface area contributed by atoms with Crippen LogP contribution in [0.3, 0.4) is 0 Å². The SMILES string of the molecule is CCCN(CC(C)(C)CN)C(C)c1nc2ccccc2s1. The molecular weight excluding hydrogens is 278 g/mol. The van der Waals surface area contributed by atoms with E-state index in [2.05, 4.69) is 56.9 Å². The molecule has 0 radical (unpaired) electrons. The number of hydrogen-bond acceptors (Lipinski definition) is 4. The van der Waals surface area contributed by atoms with E-state index >= 15 is 0 Å². The molecule has 2 aromatic rings. The third-order valence-corrected chi connectivity index (χ3v) is 5.12. The van der Waals surface area contributed by atoms with E-state index in [0.717, 1.165) is 25.0 Å². The number of benzene rings is 1. The van der Waals surface area contributed by atoms with E-state index in [9.17, 15) is 0 Å². The molecule has 3 nitrogen and oxygen atoms in total. The van der Waals surface area contributed by atoms with Crippen LogP contribution in [-0.2, 0) is 0 Å². The van der Waals surface area contributed by atoms with Crippen LogP contribution in [0.4, 0.5) is 0 Å². The normalized spacial score (nSPS) is 14.0. The molecule has 1 unspecified atom stereocenters. The summed E-state index contributed by atoms with van der Waals surface area (Å²) in [5, 5.41) is 1.21. The highest BCUT2D eigenvalue weighted by Crippen LogP contribution is 2.31. The van der Waals surface area contributed by atoms with E-state index in [1.807, 2.05) is 11.3 Å². The third-order valence-electron chi connectivity index (χ3n) is 3.91. The van der Waals surface area contributed by atoms with Crippen molar-refractivity contribution in [2.75, 3.05) is 19.6 Å². The van der Waals surface area contributed by atoms with Gasteiger partial charge in [0.1, 0.15) is 5.01 Å². The zero-order valence-electron chi connectivity index (χ0n) is 13.6. The van der Waals surface area contributed by atoms with Crippen molar-refractivity contribution in [2.45, 2.75) is 40.2 Å². The lowest BCUT2D eigenvalue weighted by molar-refractivity contribution is 0.140. The van der Waals surface area contributed by atoms with Crippen molar-refractivity contribution in [3.8, 4) is 0 Å². The maximum atomic E-state index is 5.91. The van der Waals surface area contributed by atoms with Crippen molar-refractivity contribution >= 4 is 21.6 Å². The molecule has 2 N–H and O–H groups in total. The predicted octanol–water partition coefficient (Wildman–Crippen LogP) is 4.05. The van der Waals surface area contributed by atoms with Gasteiger partial charge in [-0.3, -0.25) is 4.90 Å². The van der Waals surface area contributed by atoms with Crippen LogP contribution in [0, 0.1) is 5.41 Å². The van der Waals surface area contributed by atoms with Crippen molar-refractivity contribution < 1.29 is 0 Å². The second-order valence-corrected chi connectivity index (χ2v) is 7.60. The summed E-state index contributed by atoms with van der Waals surface area (Å²) in [6.07, 6.45) is 1.15. The van der Waals surface area contributed by atoms with Gasteiger partial charge in [-0.1, -0.05) is 32.9 Å². The molecule has 0 amide bonds. The molecular formula is C17H27N3S. The Morgan fingerprint density at radius 2 is 2.05 bits per heavy atom. The summed E-state index contributed by atoms with van der Waals surface area (Å²) >= 11 is 1.81. The summed E-state index contributed by atoms with van der Waals surface area (Å²) in [5.41, 5.74) is 7.16. The molecule has 1 heterocycles. The first-order chi connectivity index (χ1) is 9.96. The van der Waals surface area contributed by atoms with Gasteiger partial charge in [0.05, 0.1) is 16.3 Å². The minimum Gasteiger partial charge on any atom is -0.330 e. The Bertz CT molecular complexity index is 543. The van der Waals surface area contributed by atoms with Crippen LogP contribution in [0.5, 0.6) is 0 Å². The topological polar surface area (TPSA) is 42.1 Å². The number of nitrogens with zero attached hydrogens (tertiary/aromatic N) is 2. The van der Waals surface area contributed by atoms with E-state index in [1.54, 1.807) is 0 Å². The van der Waals surface area contributed by atoms with Crippen LogP contribution in [0.15, 0.2) is 24.3 Å². The molecule has 0 aliphatic carbocycles. The second kappa shape index (κ2) is 6.86. The van der Waals surface area contributed by atoms with Crippen molar-refractivity contribution in [3.05, 3.63) is 29.3 Å². The minimum absolute atomic E-state index is 0.139. The zero-order chi connectivity index (χ0) is 15.5. The monoisotopic (exact) mass is 305 g/mol. The molecule has 0 saturated carbocycles. The molecule has 1 atom stereocenters. The number of aromatic nitrogens is 1. The van der Waals surface area contributed by atoms with Gasteiger partial charge in [-0.15, -0.1) is 11.3 Å². The number of nitrogens with two attached hydrogens (primary N) is 1. The van der Waals surface area contributed by atoms with Gasteiger partial charge in [0.25, 0.3) is 0 Å². The highest BCUT2D eigenvalue weighted by atomic mass is 32.1. The molecule has 0 aliphatic rings. The fraction of sp³-hybridized carbons (Fsp3) is 0.588. The Balaban J connectivity index is 2.22. The maximum Gasteiger partial charge on any atom is 0.111 e. The van der Waals surface area contributed by atoms with Crippen LogP contribution >= 0.6 is 11.3 Å². The third kappa shape index (κ3) is 4.02. The van der Waals surface area contributed by atoms with Crippen molar-refractivity contribution in [1.29, 1.82) is 0 Å². The average Bonchev–Trinajstić information content (AvgIpc) is 2.89. The highest BCUT2D eigenvalue weighted by Gasteiger charge is 2.25. The van der Waals surface area contributed by atoms with Gasteiger partial charge >= 0.3 is 0 Å². The number of hydrogen-bond donors (Lipinski definition) is 1. The van der Waals surface area contributed by atoms with Gasteiger partial charge < -0.3 is 5.73 Å². The summed E-state index contributed by atoms with van der Waals surface area (Å²) in [6, 6.07) is 8.72. The van der Waals surface area contributed by atoms with Crippen LogP contribution < -0.4 is 5.73 Å². The summed E-state index contributed by atoms with van der Waals surface area (Å²) in [7, 11) is 0. The molecule has 0 saturated heterocycles. The van der Waals surface area contributed by atoms with E-state index in [-0.39, 0.29) is 5.41 Å². The number of thiazole rings is 1. The van der Waals surface area contributed by atoms with Crippen molar-refractivity contribution in [1.82, 2.24) is 9.88 Å². The van der Waals surface area contributed by atoms with Crippen molar-refractivity contribution in [3.63, 3.8) is 0 Å². The summed E-state index contributed by atoms with van der Waals surface area (Å²) in [6.45, 7) is 11.8. The van der Waals surface area contributed by atoms with E-state index in [1.165, 1.54) is 9.71 Å². The molecule has 0 bridgehead atoms. The van der Waals surface area contributed by atoms with Gasteiger partial charge in [0.2, 0.25) is 0 Å². The molecule has 4 heteroatoms. The maximum absolute atomic E-state index is 5.91. The lowest BCUT2D eigenvalue weighted by atomic mass is 9.92. The van der Waals surface area contributed by atoms with Crippen LogP contribution in [-0.4, -0.2) is 29.5 Å². The lowest BCUT2D eigenvalue weighted by Crippen LogP contribution is -2.40. The molecule has 1 aromatic carbocycles. The summed E-state index contributed by atoms with van der Waals surface area (Å²) in [5.74, 6) is 0. The zero-order valence-corrected chi connectivity index (χ0v) is 14.4. The second-order valence-electron chi connectivity index (χ2n) is 6.53. The largest absolute Gasteiger partial charge is 0.330 e. The van der Waals surface area contributed by atoms with Gasteiger partial charge in [0, 0.05) is 6.54 Å². The Morgan fingerprint density at radius 3 is 2.67 bits per heavy atom. The fourth-order valence-corrected chi connectivity index (χ4v) is 3.59. The van der Waals surface area contributed by atoms with Crippen LogP contribution in [0.25, 0.3) is 10.2 Å². The number of fused-ring (bicyclic) bond motifs is 1. The Labute approximate surface area is 132 Å².